The van der Waals surface area contributed by atoms with Gasteiger partial charge in [0.25, 0.3) is 0 Å². The van der Waals surface area contributed by atoms with Crippen LogP contribution in [0.25, 0.3) is 0 Å². The van der Waals surface area contributed by atoms with Crippen molar-refractivity contribution in [1.82, 2.24) is 4.98 Å². The molecule has 3 aromatic rings. The first-order valence-corrected chi connectivity index (χ1v) is 10.1. The zero-order chi connectivity index (χ0) is 18.8. The van der Waals surface area contributed by atoms with Crippen molar-refractivity contribution in [2.24, 2.45) is 4.99 Å². The number of aliphatic imine (C=N–C) groups is 1. The first-order chi connectivity index (χ1) is 13.2. The van der Waals surface area contributed by atoms with E-state index in [0.717, 1.165) is 40.3 Å². The zero-order valence-electron chi connectivity index (χ0n) is 15.6. The number of aromatic nitrogens is 1. The Morgan fingerprint density at radius 3 is 2.52 bits per heavy atom. The highest BCUT2D eigenvalue weighted by molar-refractivity contribution is 9.10. The highest BCUT2D eigenvalue weighted by atomic mass is 79.9. The van der Waals surface area contributed by atoms with Crippen LogP contribution in [-0.2, 0) is 6.54 Å². The maximum atomic E-state index is 4.96. The van der Waals surface area contributed by atoms with E-state index in [1.807, 2.05) is 18.3 Å². The topological polar surface area (TPSA) is 28.5 Å². The molecule has 4 rings (SSSR count). The van der Waals surface area contributed by atoms with Gasteiger partial charge >= 0.3 is 0 Å². The lowest BCUT2D eigenvalue weighted by molar-refractivity contribution is 0.733. The largest absolute Gasteiger partial charge is 0.321 e. The normalized spacial score (nSPS) is 14.5. The number of halogens is 1. The van der Waals surface area contributed by atoms with Crippen LogP contribution in [-0.4, -0.2) is 10.8 Å². The second kappa shape index (κ2) is 7.65. The molecule has 2 heterocycles. The molecule has 0 N–H and O–H groups in total. The first kappa shape index (κ1) is 17.9. The molecule has 1 aliphatic heterocycles. The molecule has 1 aliphatic rings. The van der Waals surface area contributed by atoms with Gasteiger partial charge in [-0.2, -0.15) is 0 Å². The number of pyridine rings is 1. The number of anilines is 1. The third kappa shape index (κ3) is 3.67. The molecule has 1 aromatic heterocycles. The molecule has 1 unspecified atom stereocenters. The van der Waals surface area contributed by atoms with E-state index in [-0.39, 0.29) is 0 Å². The number of nitrogens with zero attached hydrogens (tertiary/aromatic N) is 3. The average Bonchev–Trinajstić information content (AvgIpc) is 2.73. The van der Waals surface area contributed by atoms with Gasteiger partial charge in [0, 0.05) is 17.4 Å². The van der Waals surface area contributed by atoms with Crippen molar-refractivity contribution in [2.45, 2.75) is 32.7 Å². The Morgan fingerprint density at radius 1 is 1.04 bits per heavy atom. The molecule has 136 valence electrons. The van der Waals surface area contributed by atoms with Crippen molar-refractivity contribution in [3.8, 4) is 0 Å². The summed E-state index contributed by atoms with van der Waals surface area (Å²) in [6.07, 6.45) is 3.02. The predicted octanol–water partition coefficient (Wildman–Crippen LogP) is 6.46. The van der Waals surface area contributed by atoms with Crippen LogP contribution >= 0.6 is 15.9 Å². The van der Waals surface area contributed by atoms with Gasteiger partial charge in [-0.1, -0.05) is 44.2 Å². The maximum Gasteiger partial charge on any atom is 0.142 e. The van der Waals surface area contributed by atoms with E-state index in [9.17, 15) is 0 Å². The number of para-hydroxylation sites is 1. The van der Waals surface area contributed by atoms with Crippen molar-refractivity contribution < 1.29 is 0 Å². The van der Waals surface area contributed by atoms with Gasteiger partial charge in [-0.25, -0.2) is 9.98 Å². The van der Waals surface area contributed by atoms with Gasteiger partial charge in [-0.15, -0.1) is 0 Å². The number of hydrogen-bond donors (Lipinski definition) is 0. The quantitative estimate of drug-likeness (QED) is 0.454. The number of fused-ring (bicyclic) bond motifs is 1. The molecule has 3 nitrogen and oxygen atoms in total. The highest BCUT2D eigenvalue weighted by Crippen LogP contribution is 2.32. The molecule has 0 bridgehead atoms. The summed E-state index contributed by atoms with van der Waals surface area (Å²) in [5, 5.41) is 0. The molecular formula is C23H22BrN3. The fourth-order valence-electron chi connectivity index (χ4n) is 3.33. The third-order valence-corrected chi connectivity index (χ3v) is 5.64. The molecule has 0 saturated carbocycles. The summed E-state index contributed by atoms with van der Waals surface area (Å²) in [5.41, 5.74) is 5.81. The predicted molar refractivity (Wildman–Crippen MR) is 116 cm³/mol. The summed E-state index contributed by atoms with van der Waals surface area (Å²) >= 11 is 3.42. The number of rotatable bonds is 4. The van der Waals surface area contributed by atoms with Crippen molar-refractivity contribution >= 4 is 33.1 Å². The molecule has 0 fully saturated rings. The summed E-state index contributed by atoms with van der Waals surface area (Å²) < 4.78 is 0.826. The minimum Gasteiger partial charge on any atom is -0.321 e. The summed E-state index contributed by atoms with van der Waals surface area (Å²) in [4.78, 5) is 11.6. The van der Waals surface area contributed by atoms with Crippen LogP contribution in [0.4, 0.5) is 11.4 Å². The van der Waals surface area contributed by atoms with Crippen LogP contribution in [0, 0.1) is 0 Å². The van der Waals surface area contributed by atoms with Crippen molar-refractivity contribution in [3.05, 3.63) is 88.2 Å². The number of amidine groups is 1. The molecule has 0 aliphatic carbocycles. The van der Waals surface area contributed by atoms with Gasteiger partial charge in [-0.3, -0.25) is 0 Å². The van der Waals surface area contributed by atoms with E-state index < -0.39 is 0 Å². The fraction of sp³-hybridized carbons (Fsp3) is 0.217. The highest BCUT2D eigenvalue weighted by Gasteiger charge is 2.22. The first-order valence-electron chi connectivity index (χ1n) is 9.31. The SMILES string of the molecule is CCC(C)c1ccc(N2Cc3ccccc3N=C2c2ccc(Br)nc2)cc1. The van der Waals surface area contributed by atoms with Gasteiger partial charge in [0.15, 0.2) is 0 Å². The fourth-order valence-corrected chi connectivity index (χ4v) is 3.57. The molecule has 1 atom stereocenters. The smallest absolute Gasteiger partial charge is 0.142 e. The van der Waals surface area contributed by atoms with Gasteiger partial charge in [-0.05, 0) is 69.7 Å². The number of hydrogen-bond acceptors (Lipinski definition) is 3. The molecular weight excluding hydrogens is 398 g/mol. The van der Waals surface area contributed by atoms with Gasteiger partial charge in [0.1, 0.15) is 10.4 Å². The minimum atomic E-state index is 0.574. The van der Waals surface area contributed by atoms with Gasteiger partial charge < -0.3 is 4.90 Å². The van der Waals surface area contributed by atoms with Crippen LogP contribution in [0.2, 0.25) is 0 Å². The molecule has 4 heteroatoms. The van der Waals surface area contributed by atoms with Crippen LogP contribution in [0.1, 0.15) is 42.9 Å². The molecule has 0 saturated heterocycles. The number of benzene rings is 2. The van der Waals surface area contributed by atoms with Crippen LogP contribution in [0.3, 0.4) is 0 Å². The molecule has 0 radical (unpaired) electrons. The van der Waals surface area contributed by atoms with E-state index in [4.69, 9.17) is 4.99 Å². The Kier molecular flexibility index (Phi) is 5.08. The van der Waals surface area contributed by atoms with E-state index in [0.29, 0.717) is 5.92 Å². The maximum absolute atomic E-state index is 4.96. The van der Waals surface area contributed by atoms with Crippen molar-refractivity contribution in [3.63, 3.8) is 0 Å². The summed E-state index contributed by atoms with van der Waals surface area (Å²) in [5.74, 6) is 1.51. The minimum absolute atomic E-state index is 0.574. The monoisotopic (exact) mass is 419 g/mol. The molecule has 0 amide bonds. The Labute approximate surface area is 168 Å². The second-order valence-electron chi connectivity index (χ2n) is 6.92. The Balaban J connectivity index is 1.77. The van der Waals surface area contributed by atoms with E-state index in [1.165, 1.54) is 11.1 Å². The Bertz CT molecular complexity index is 962. The van der Waals surface area contributed by atoms with E-state index in [1.54, 1.807) is 0 Å². The van der Waals surface area contributed by atoms with Gasteiger partial charge in [0.2, 0.25) is 0 Å². The lowest BCUT2D eigenvalue weighted by Crippen LogP contribution is -2.33. The molecule has 2 aromatic carbocycles. The molecule has 0 spiro atoms. The van der Waals surface area contributed by atoms with Crippen LogP contribution < -0.4 is 4.90 Å². The van der Waals surface area contributed by atoms with Crippen LogP contribution in [0.5, 0.6) is 0 Å². The average molecular weight is 420 g/mol. The lowest BCUT2D eigenvalue weighted by Gasteiger charge is -2.31. The Hall–Kier alpha value is -2.46. The third-order valence-electron chi connectivity index (χ3n) is 5.17. The lowest BCUT2D eigenvalue weighted by atomic mass is 9.98. The van der Waals surface area contributed by atoms with Crippen molar-refractivity contribution in [2.75, 3.05) is 4.90 Å². The second-order valence-corrected chi connectivity index (χ2v) is 7.73. The Morgan fingerprint density at radius 2 is 1.81 bits per heavy atom. The van der Waals surface area contributed by atoms with E-state index >= 15 is 0 Å². The summed E-state index contributed by atoms with van der Waals surface area (Å²) in [6, 6.07) is 21.2. The van der Waals surface area contributed by atoms with Gasteiger partial charge in [0.05, 0.1) is 12.2 Å². The summed E-state index contributed by atoms with van der Waals surface area (Å²) in [6.45, 7) is 5.30. The standard InChI is InChI=1S/C23H22BrN3/c1-3-16(2)17-8-11-20(12-9-17)27-15-19-6-4-5-7-21(19)26-23(27)18-10-13-22(24)25-14-18/h4-14,16H,3,15H2,1-2H3. The zero-order valence-corrected chi connectivity index (χ0v) is 17.1. The van der Waals surface area contributed by atoms with Crippen LogP contribution in [0.15, 0.2) is 76.5 Å². The van der Waals surface area contributed by atoms with E-state index in [2.05, 4.69) is 88.2 Å². The summed E-state index contributed by atoms with van der Waals surface area (Å²) in [7, 11) is 0. The van der Waals surface area contributed by atoms with Crippen molar-refractivity contribution in [1.29, 1.82) is 0 Å². The molecule has 27 heavy (non-hydrogen) atoms.